The van der Waals surface area contributed by atoms with Crippen LogP contribution in [0.3, 0.4) is 0 Å². The van der Waals surface area contributed by atoms with E-state index in [1.807, 2.05) is 30.3 Å². The molecule has 1 aliphatic rings. The van der Waals surface area contributed by atoms with Crippen LogP contribution in [0.25, 0.3) is 11.4 Å². The fourth-order valence-corrected chi connectivity index (χ4v) is 2.33. The van der Waals surface area contributed by atoms with Crippen LogP contribution in [0.2, 0.25) is 5.28 Å². The highest BCUT2D eigenvalue weighted by atomic mass is 35.5. The van der Waals surface area contributed by atoms with E-state index in [0.717, 1.165) is 25.0 Å². The van der Waals surface area contributed by atoms with Gasteiger partial charge in [-0.2, -0.15) is 15.0 Å². The number of ether oxygens (including phenoxy) is 1. The second-order valence-corrected chi connectivity index (χ2v) is 5.01. The van der Waals surface area contributed by atoms with Gasteiger partial charge in [0, 0.05) is 12.2 Å². The van der Waals surface area contributed by atoms with Gasteiger partial charge in [-0.15, -0.1) is 0 Å². The molecule has 1 atom stereocenters. The van der Waals surface area contributed by atoms with Crippen LogP contribution in [0.5, 0.6) is 0 Å². The summed E-state index contributed by atoms with van der Waals surface area (Å²) in [4.78, 5) is 12.7. The SMILES string of the molecule is Clc1nc(NC2CCCOC2)nc(-c2ccccc2)n1. The van der Waals surface area contributed by atoms with Crippen LogP contribution in [0.4, 0.5) is 5.95 Å². The Morgan fingerprint density at radius 1 is 1.15 bits per heavy atom. The number of aromatic nitrogens is 3. The van der Waals surface area contributed by atoms with Gasteiger partial charge in [0.2, 0.25) is 11.2 Å². The maximum Gasteiger partial charge on any atom is 0.227 e. The molecule has 0 radical (unpaired) electrons. The summed E-state index contributed by atoms with van der Waals surface area (Å²) in [7, 11) is 0. The zero-order valence-electron chi connectivity index (χ0n) is 10.9. The monoisotopic (exact) mass is 290 g/mol. The number of nitrogens with one attached hydrogen (secondary N) is 1. The number of hydrogen-bond donors (Lipinski definition) is 1. The summed E-state index contributed by atoms with van der Waals surface area (Å²) in [6.07, 6.45) is 2.09. The number of hydrogen-bond acceptors (Lipinski definition) is 5. The van der Waals surface area contributed by atoms with Gasteiger partial charge in [0.15, 0.2) is 5.82 Å². The summed E-state index contributed by atoms with van der Waals surface area (Å²) in [6, 6.07) is 9.94. The zero-order valence-corrected chi connectivity index (χ0v) is 11.7. The van der Waals surface area contributed by atoms with Gasteiger partial charge in [0.1, 0.15) is 0 Å². The van der Waals surface area contributed by atoms with E-state index in [2.05, 4.69) is 20.3 Å². The fourth-order valence-electron chi connectivity index (χ4n) is 2.17. The van der Waals surface area contributed by atoms with Gasteiger partial charge in [-0.1, -0.05) is 30.3 Å². The smallest absolute Gasteiger partial charge is 0.227 e. The zero-order chi connectivity index (χ0) is 13.8. The molecular formula is C14H15ClN4O. The standard InChI is InChI=1S/C14H15ClN4O/c15-13-17-12(10-5-2-1-3-6-10)18-14(19-13)16-11-7-4-8-20-9-11/h1-3,5-6,11H,4,7-9H2,(H,16,17,18,19). The number of rotatable bonds is 3. The first kappa shape index (κ1) is 13.3. The Morgan fingerprint density at radius 2 is 2.00 bits per heavy atom. The highest BCUT2D eigenvalue weighted by molar-refractivity contribution is 6.28. The van der Waals surface area contributed by atoms with Crippen LogP contribution in [0.15, 0.2) is 30.3 Å². The molecule has 0 bridgehead atoms. The molecule has 5 nitrogen and oxygen atoms in total. The van der Waals surface area contributed by atoms with E-state index < -0.39 is 0 Å². The number of benzene rings is 1. The highest BCUT2D eigenvalue weighted by Crippen LogP contribution is 2.19. The predicted octanol–water partition coefficient (Wildman–Crippen LogP) is 2.78. The van der Waals surface area contributed by atoms with Crippen molar-refractivity contribution in [1.82, 2.24) is 15.0 Å². The first-order chi connectivity index (χ1) is 9.81. The van der Waals surface area contributed by atoms with Crippen molar-refractivity contribution in [2.75, 3.05) is 18.5 Å². The number of anilines is 1. The van der Waals surface area contributed by atoms with Gasteiger partial charge >= 0.3 is 0 Å². The van der Waals surface area contributed by atoms with E-state index in [1.54, 1.807) is 0 Å². The normalized spacial score (nSPS) is 18.8. The van der Waals surface area contributed by atoms with Crippen LogP contribution >= 0.6 is 11.6 Å². The van der Waals surface area contributed by atoms with E-state index in [4.69, 9.17) is 16.3 Å². The number of nitrogens with zero attached hydrogens (tertiary/aromatic N) is 3. The molecule has 1 N–H and O–H groups in total. The third kappa shape index (κ3) is 3.23. The molecular weight excluding hydrogens is 276 g/mol. The summed E-state index contributed by atoms with van der Waals surface area (Å²) in [5.74, 6) is 1.07. The molecule has 1 unspecified atom stereocenters. The minimum Gasteiger partial charge on any atom is -0.379 e. The Balaban J connectivity index is 1.83. The Kier molecular flexibility index (Phi) is 4.08. The number of halogens is 1. The molecule has 1 fully saturated rings. The molecule has 0 amide bonds. The van der Waals surface area contributed by atoms with Crippen molar-refractivity contribution in [1.29, 1.82) is 0 Å². The van der Waals surface area contributed by atoms with Crippen molar-refractivity contribution in [3.63, 3.8) is 0 Å². The average molecular weight is 291 g/mol. The lowest BCUT2D eigenvalue weighted by molar-refractivity contribution is 0.0874. The van der Waals surface area contributed by atoms with Gasteiger partial charge < -0.3 is 10.1 Å². The van der Waals surface area contributed by atoms with Gasteiger partial charge in [0.05, 0.1) is 12.6 Å². The third-order valence-corrected chi connectivity index (χ3v) is 3.30. The molecule has 0 spiro atoms. The van der Waals surface area contributed by atoms with E-state index >= 15 is 0 Å². The molecule has 1 aliphatic heterocycles. The summed E-state index contributed by atoms with van der Waals surface area (Å²) in [5.41, 5.74) is 0.916. The van der Waals surface area contributed by atoms with E-state index in [0.29, 0.717) is 18.4 Å². The lowest BCUT2D eigenvalue weighted by atomic mass is 10.1. The van der Waals surface area contributed by atoms with Crippen molar-refractivity contribution in [2.45, 2.75) is 18.9 Å². The van der Waals surface area contributed by atoms with Gasteiger partial charge in [0.25, 0.3) is 0 Å². The van der Waals surface area contributed by atoms with Gasteiger partial charge in [-0.25, -0.2) is 0 Å². The fraction of sp³-hybridized carbons (Fsp3) is 0.357. The lowest BCUT2D eigenvalue weighted by Crippen LogP contribution is -2.30. The summed E-state index contributed by atoms with van der Waals surface area (Å²) in [5, 5.41) is 3.45. The molecule has 1 saturated heterocycles. The van der Waals surface area contributed by atoms with E-state index in [9.17, 15) is 0 Å². The molecule has 0 saturated carbocycles. The van der Waals surface area contributed by atoms with Gasteiger partial charge in [-0.05, 0) is 24.4 Å². The van der Waals surface area contributed by atoms with Crippen molar-refractivity contribution < 1.29 is 4.74 Å². The Hall–Kier alpha value is -1.72. The Bertz CT molecular complexity index is 573. The molecule has 104 valence electrons. The third-order valence-electron chi connectivity index (χ3n) is 3.13. The average Bonchev–Trinajstić information content (AvgIpc) is 2.49. The second kappa shape index (κ2) is 6.15. The Labute approximate surface area is 122 Å². The summed E-state index contributed by atoms with van der Waals surface area (Å²) >= 11 is 5.98. The van der Waals surface area contributed by atoms with E-state index in [-0.39, 0.29) is 11.3 Å². The summed E-state index contributed by atoms with van der Waals surface area (Å²) < 4.78 is 5.43. The lowest BCUT2D eigenvalue weighted by Gasteiger charge is -2.23. The van der Waals surface area contributed by atoms with E-state index in [1.165, 1.54) is 0 Å². The topological polar surface area (TPSA) is 59.9 Å². The van der Waals surface area contributed by atoms with Crippen LogP contribution < -0.4 is 5.32 Å². The van der Waals surface area contributed by atoms with Crippen molar-refractivity contribution >= 4 is 17.5 Å². The molecule has 0 aliphatic carbocycles. The van der Waals surface area contributed by atoms with Crippen LogP contribution in [0.1, 0.15) is 12.8 Å². The minimum absolute atomic E-state index is 0.193. The maximum absolute atomic E-state index is 5.98. The van der Waals surface area contributed by atoms with Crippen LogP contribution in [0, 0.1) is 0 Å². The van der Waals surface area contributed by atoms with Gasteiger partial charge in [-0.3, -0.25) is 0 Å². The Morgan fingerprint density at radius 3 is 2.75 bits per heavy atom. The first-order valence-corrected chi connectivity index (χ1v) is 7.00. The van der Waals surface area contributed by atoms with Crippen LogP contribution in [-0.2, 0) is 4.74 Å². The van der Waals surface area contributed by atoms with Crippen molar-refractivity contribution in [3.8, 4) is 11.4 Å². The van der Waals surface area contributed by atoms with Crippen LogP contribution in [-0.4, -0.2) is 34.2 Å². The molecule has 6 heteroatoms. The van der Waals surface area contributed by atoms with Crippen molar-refractivity contribution in [3.05, 3.63) is 35.6 Å². The molecule has 1 aromatic carbocycles. The predicted molar refractivity (Wildman–Crippen MR) is 77.7 cm³/mol. The molecule has 20 heavy (non-hydrogen) atoms. The summed E-state index contributed by atoms with van der Waals surface area (Å²) in [6.45, 7) is 1.50. The molecule has 2 aromatic rings. The molecule has 3 rings (SSSR count). The largest absolute Gasteiger partial charge is 0.379 e. The quantitative estimate of drug-likeness (QED) is 0.942. The minimum atomic E-state index is 0.193. The first-order valence-electron chi connectivity index (χ1n) is 6.62. The van der Waals surface area contributed by atoms with Crippen molar-refractivity contribution in [2.24, 2.45) is 0 Å². The molecule has 2 heterocycles. The molecule has 1 aromatic heterocycles. The maximum atomic E-state index is 5.98. The highest BCUT2D eigenvalue weighted by Gasteiger charge is 2.16. The second-order valence-electron chi connectivity index (χ2n) is 4.68.